The average molecular weight is 473 g/mol. The standard InChI is InChI=1S/C24H29ClN4O4/c25-18-6-5-14-9-17(10-16(14)11-18)23(32)29-20(8-13-3-4-13)24(33)28-19(21(26)30)12-15-2-1-7-27-22(15)31/h5-6,10-11,13,15,19-20H,1-4,7-9,12H2,(H2,26,30)(H,27,31)(H,28,33)(H,29,32)/t15-,19-,20-/m0/s1. The zero-order chi connectivity index (χ0) is 23.5. The summed E-state index contributed by atoms with van der Waals surface area (Å²) in [6, 6.07) is 3.74. The van der Waals surface area contributed by atoms with Crippen molar-refractivity contribution in [2.75, 3.05) is 6.54 Å². The van der Waals surface area contributed by atoms with E-state index in [4.69, 9.17) is 17.3 Å². The maximum absolute atomic E-state index is 13.1. The topological polar surface area (TPSA) is 130 Å². The molecule has 0 radical (unpaired) electrons. The summed E-state index contributed by atoms with van der Waals surface area (Å²) in [5.41, 5.74) is 8.00. The van der Waals surface area contributed by atoms with Crippen LogP contribution in [0.1, 0.15) is 49.7 Å². The van der Waals surface area contributed by atoms with E-state index in [0.717, 1.165) is 30.4 Å². The minimum atomic E-state index is -0.970. The van der Waals surface area contributed by atoms with Gasteiger partial charge >= 0.3 is 0 Å². The monoisotopic (exact) mass is 472 g/mol. The molecule has 2 aliphatic carbocycles. The van der Waals surface area contributed by atoms with Gasteiger partial charge in [0, 0.05) is 29.5 Å². The van der Waals surface area contributed by atoms with E-state index in [1.165, 1.54) is 0 Å². The van der Waals surface area contributed by atoms with Crippen molar-refractivity contribution in [2.24, 2.45) is 17.6 Å². The molecule has 0 aromatic heterocycles. The van der Waals surface area contributed by atoms with E-state index in [0.29, 0.717) is 42.3 Å². The molecule has 1 aromatic rings. The second-order valence-corrected chi connectivity index (χ2v) is 9.66. The quantitative estimate of drug-likeness (QED) is 0.433. The van der Waals surface area contributed by atoms with Crippen LogP contribution in [0.2, 0.25) is 5.02 Å². The van der Waals surface area contributed by atoms with Crippen molar-refractivity contribution in [3.8, 4) is 0 Å². The van der Waals surface area contributed by atoms with Gasteiger partial charge in [0.15, 0.2) is 0 Å². The van der Waals surface area contributed by atoms with Crippen LogP contribution in [-0.2, 0) is 25.6 Å². The molecule has 9 heteroatoms. The lowest BCUT2D eigenvalue weighted by Crippen LogP contribution is -2.54. The molecule has 8 nitrogen and oxygen atoms in total. The van der Waals surface area contributed by atoms with Crippen molar-refractivity contribution in [2.45, 2.75) is 57.0 Å². The van der Waals surface area contributed by atoms with Crippen molar-refractivity contribution in [1.82, 2.24) is 16.0 Å². The minimum absolute atomic E-state index is 0.127. The van der Waals surface area contributed by atoms with E-state index < -0.39 is 23.9 Å². The summed E-state index contributed by atoms with van der Waals surface area (Å²) in [7, 11) is 0. The van der Waals surface area contributed by atoms with Crippen LogP contribution in [0.4, 0.5) is 0 Å². The zero-order valence-electron chi connectivity index (χ0n) is 18.4. The van der Waals surface area contributed by atoms with Crippen molar-refractivity contribution in [3.05, 3.63) is 39.9 Å². The number of piperidine rings is 1. The Morgan fingerprint density at radius 3 is 2.61 bits per heavy atom. The molecule has 1 saturated carbocycles. The average Bonchev–Trinajstić information content (AvgIpc) is 3.49. The molecular weight excluding hydrogens is 444 g/mol. The second kappa shape index (κ2) is 9.95. The van der Waals surface area contributed by atoms with Gasteiger partial charge in [0.1, 0.15) is 12.1 Å². The third-order valence-corrected chi connectivity index (χ3v) is 6.81. The van der Waals surface area contributed by atoms with Gasteiger partial charge in [-0.15, -0.1) is 0 Å². The van der Waals surface area contributed by atoms with Crippen LogP contribution >= 0.6 is 11.6 Å². The number of primary amides is 1. The smallest absolute Gasteiger partial charge is 0.248 e. The largest absolute Gasteiger partial charge is 0.368 e. The number of carbonyl (C=O) groups is 4. The summed E-state index contributed by atoms with van der Waals surface area (Å²) < 4.78 is 0. The van der Waals surface area contributed by atoms with Gasteiger partial charge in [-0.25, -0.2) is 0 Å². The van der Waals surface area contributed by atoms with Crippen LogP contribution in [-0.4, -0.2) is 42.3 Å². The Bertz CT molecular complexity index is 1000. The van der Waals surface area contributed by atoms with Gasteiger partial charge in [0.2, 0.25) is 23.6 Å². The third-order valence-electron chi connectivity index (χ3n) is 6.58. The van der Waals surface area contributed by atoms with Crippen molar-refractivity contribution < 1.29 is 19.2 Å². The SMILES string of the molecule is NC(=O)[C@H](C[C@@H]1CCCNC1=O)NC(=O)[C@H](CC1CC1)NC(=O)C1=Cc2cc(Cl)ccc2C1. The molecule has 4 rings (SSSR count). The molecule has 1 aliphatic heterocycles. The van der Waals surface area contributed by atoms with Crippen LogP contribution < -0.4 is 21.7 Å². The highest BCUT2D eigenvalue weighted by Gasteiger charge is 2.34. The number of nitrogens with two attached hydrogens (primary N) is 1. The summed E-state index contributed by atoms with van der Waals surface area (Å²) in [6.45, 7) is 0.615. The number of carbonyl (C=O) groups excluding carboxylic acids is 4. The minimum Gasteiger partial charge on any atom is -0.368 e. The highest BCUT2D eigenvalue weighted by atomic mass is 35.5. The molecule has 4 amide bonds. The molecular formula is C24H29ClN4O4. The summed E-state index contributed by atoms with van der Waals surface area (Å²) in [4.78, 5) is 50.2. The normalized spacial score (nSPS) is 21.3. The van der Waals surface area contributed by atoms with Gasteiger partial charge in [-0.2, -0.15) is 0 Å². The van der Waals surface area contributed by atoms with Gasteiger partial charge in [-0.3, -0.25) is 19.2 Å². The van der Waals surface area contributed by atoms with Crippen LogP contribution in [0.3, 0.4) is 0 Å². The fourth-order valence-electron chi connectivity index (χ4n) is 4.48. The number of amides is 4. The van der Waals surface area contributed by atoms with E-state index >= 15 is 0 Å². The van der Waals surface area contributed by atoms with Gasteiger partial charge in [0.25, 0.3) is 0 Å². The Hall–Kier alpha value is -2.87. The number of rotatable bonds is 9. The first kappa shape index (κ1) is 23.3. The van der Waals surface area contributed by atoms with Crippen LogP contribution in [0.5, 0.6) is 0 Å². The Balaban J connectivity index is 1.41. The van der Waals surface area contributed by atoms with Gasteiger partial charge in [-0.05, 0) is 60.9 Å². The lowest BCUT2D eigenvalue weighted by atomic mass is 9.91. The first-order chi connectivity index (χ1) is 15.8. The predicted octanol–water partition coefficient (Wildman–Crippen LogP) is 1.45. The maximum Gasteiger partial charge on any atom is 0.248 e. The van der Waals surface area contributed by atoms with Crippen LogP contribution in [0.15, 0.2) is 23.8 Å². The Labute approximate surface area is 197 Å². The molecule has 1 saturated heterocycles. The first-order valence-electron chi connectivity index (χ1n) is 11.5. The molecule has 0 unspecified atom stereocenters. The Kier molecular flexibility index (Phi) is 7.02. The zero-order valence-corrected chi connectivity index (χ0v) is 19.1. The van der Waals surface area contributed by atoms with E-state index in [1.807, 2.05) is 12.1 Å². The molecule has 5 N–H and O–H groups in total. The fourth-order valence-corrected chi connectivity index (χ4v) is 4.66. The lowest BCUT2D eigenvalue weighted by molar-refractivity contribution is -0.132. The molecule has 176 valence electrons. The molecule has 1 aromatic carbocycles. The fraction of sp³-hybridized carbons (Fsp3) is 0.500. The van der Waals surface area contributed by atoms with Crippen LogP contribution in [0.25, 0.3) is 6.08 Å². The molecule has 33 heavy (non-hydrogen) atoms. The lowest BCUT2D eigenvalue weighted by Gasteiger charge is -2.27. The third kappa shape index (κ3) is 5.93. The molecule has 2 fully saturated rings. The van der Waals surface area contributed by atoms with Gasteiger partial charge < -0.3 is 21.7 Å². The number of hydrogen-bond donors (Lipinski definition) is 4. The van der Waals surface area contributed by atoms with E-state index in [-0.39, 0.29) is 24.2 Å². The Morgan fingerprint density at radius 2 is 1.91 bits per heavy atom. The predicted molar refractivity (Wildman–Crippen MR) is 124 cm³/mol. The maximum atomic E-state index is 13.1. The van der Waals surface area contributed by atoms with Crippen molar-refractivity contribution in [3.63, 3.8) is 0 Å². The number of halogens is 1. The van der Waals surface area contributed by atoms with E-state index in [2.05, 4.69) is 16.0 Å². The number of hydrogen-bond acceptors (Lipinski definition) is 4. The van der Waals surface area contributed by atoms with E-state index in [1.54, 1.807) is 12.1 Å². The summed E-state index contributed by atoms with van der Waals surface area (Å²) in [6.07, 6.45) is 6.39. The Morgan fingerprint density at radius 1 is 1.12 bits per heavy atom. The molecule has 3 aliphatic rings. The highest BCUT2D eigenvalue weighted by molar-refractivity contribution is 6.30. The second-order valence-electron chi connectivity index (χ2n) is 9.22. The number of fused-ring (bicyclic) bond motifs is 1. The molecule has 3 atom stereocenters. The van der Waals surface area contributed by atoms with Crippen molar-refractivity contribution in [1.29, 1.82) is 0 Å². The first-order valence-corrected chi connectivity index (χ1v) is 11.8. The number of benzene rings is 1. The van der Waals surface area contributed by atoms with Gasteiger partial charge in [-0.1, -0.05) is 30.5 Å². The summed E-state index contributed by atoms with van der Waals surface area (Å²) in [5, 5.41) is 8.92. The summed E-state index contributed by atoms with van der Waals surface area (Å²) in [5.74, 6) is -1.59. The molecule has 1 heterocycles. The van der Waals surface area contributed by atoms with Crippen molar-refractivity contribution >= 4 is 41.3 Å². The molecule has 0 bridgehead atoms. The highest BCUT2D eigenvalue weighted by Crippen LogP contribution is 2.34. The van der Waals surface area contributed by atoms with Crippen LogP contribution in [0, 0.1) is 11.8 Å². The summed E-state index contributed by atoms with van der Waals surface area (Å²) >= 11 is 6.05. The number of nitrogens with one attached hydrogen (secondary N) is 3. The van der Waals surface area contributed by atoms with Gasteiger partial charge in [0.05, 0.1) is 0 Å². The molecule has 0 spiro atoms. The van der Waals surface area contributed by atoms with E-state index in [9.17, 15) is 19.2 Å².